The highest BCUT2D eigenvalue weighted by molar-refractivity contribution is 6.00. The van der Waals surface area contributed by atoms with Crippen LogP contribution in [0.4, 0.5) is 26.1 Å². The summed E-state index contributed by atoms with van der Waals surface area (Å²) in [5.74, 6) is -1.29. The molecule has 1 fully saturated rings. The maximum atomic E-state index is 15.8. The second kappa shape index (κ2) is 8.96. The fourth-order valence-corrected chi connectivity index (χ4v) is 5.29. The average Bonchev–Trinajstić information content (AvgIpc) is 3.17. The van der Waals surface area contributed by atoms with E-state index < -0.39 is 11.6 Å². The fourth-order valence-electron chi connectivity index (χ4n) is 5.29. The van der Waals surface area contributed by atoms with Crippen LogP contribution in [0.25, 0.3) is 22.6 Å². The molecule has 0 amide bonds. The Labute approximate surface area is 203 Å². The Morgan fingerprint density at radius 2 is 1.77 bits per heavy atom. The van der Waals surface area contributed by atoms with Crippen LogP contribution < -0.4 is 16.0 Å². The number of halogens is 2. The van der Waals surface area contributed by atoms with Crippen molar-refractivity contribution >= 4 is 23.0 Å². The lowest BCUT2D eigenvalue weighted by molar-refractivity contribution is 0.539. The number of nitrogens with one attached hydrogen (secondary N) is 1. The normalized spacial score (nSPS) is 16.8. The predicted molar refractivity (Wildman–Crippen MR) is 135 cm³/mol. The van der Waals surface area contributed by atoms with E-state index in [1.54, 1.807) is 18.3 Å². The molecule has 7 nitrogen and oxygen atoms in total. The standard InChI is InChI=1S/C26H29F2N7/c1-4-26(5-2)15(3)32-23-18(26)12-16(13-19(23)27)22-21(28)24(34-25(29)33-22)20-7-6-17(14-31-20)35-10-8-30-9-11-35/h6-7,12-14,30H,4-5,8-11H2,1-3H3,(H2,29,33,34). The molecule has 4 heterocycles. The maximum Gasteiger partial charge on any atom is 0.221 e. The fraction of sp³-hybridized carbons (Fsp3) is 0.385. The zero-order valence-corrected chi connectivity index (χ0v) is 20.2. The summed E-state index contributed by atoms with van der Waals surface area (Å²) in [4.78, 5) is 19.5. The molecule has 0 atom stereocenters. The first-order chi connectivity index (χ1) is 16.9. The lowest BCUT2D eigenvalue weighted by atomic mass is 9.73. The van der Waals surface area contributed by atoms with Gasteiger partial charge in [-0.05, 0) is 49.6 Å². The number of nitrogen functional groups attached to an aromatic ring is 1. The Morgan fingerprint density at radius 1 is 1.06 bits per heavy atom. The number of nitrogens with two attached hydrogens (primary N) is 1. The van der Waals surface area contributed by atoms with Gasteiger partial charge in [-0.15, -0.1) is 0 Å². The highest BCUT2D eigenvalue weighted by Gasteiger charge is 2.40. The van der Waals surface area contributed by atoms with Gasteiger partial charge in [0.25, 0.3) is 0 Å². The van der Waals surface area contributed by atoms with Crippen LogP contribution in [0.5, 0.6) is 0 Å². The van der Waals surface area contributed by atoms with Crippen molar-refractivity contribution in [2.75, 3.05) is 36.8 Å². The second-order valence-electron chi connectivity index (χ2n) is 9.07. The van der Waals surface area contributed by atoms with Crippen LogP contribution in [-0.4, -0.2) is 46.8 Å². The average molecular weight is 478 g/mol. The number of aromatic nitrogens is 3. The first-order valence-corrected chi connectivity index (χ1v) is 12.0. The van der Waals surface area contributed by atoms with Gasteiger partial charge < -0.3 is 16.0 Å². The molecule has 3 aromatic rings. The number of aliphatic imine (C=N–C) groups is 1. The van der Waals surface area contributed by atoms with Crippen LogP contribution in [0.2, 0.25) is 0 Å². The highest BCUT2D eigenvalue weighted by atomic mass is 19.1. The summed E-state index contributed by atoms with van der Waals surface area (Å²) in [6.07, 6.45) is 3.24. The number of benzene rings is 1. The van der Waals surface area contributed by atoms with Gasteiger partial charge in [0.05, 0.1) is 17.6 Å². The lowest BCUT2D eigenvalue weighted by Gasteiger charge is -2.29. The molecule has 0 unspecified atom stereocenters. The number of anilines is 2. The molecule has 9 heteroatoms. The molecule has 1 saturated heterocycles. The van der Waals surface area contributed by atoms with Gasteiger partial charge in [0, 0.05) is 42.9 Å². The third-order valence-electron chi connectivity index (χ3n) is 7.37. The first-order valence-electron chi connectivity index (χ1n) is 12.0. The third-order valence-corrected chi connectivity index (χ3v) is 7.37. The van der Waals surface area contributed by atoms with E-state index in [9.17, 15) is 0 Å². The van der Waals surface area contributed by atoms with Gasteiger partial charge >= 0.3 is 0 Å². The van der Waals surface area contributed by atoms with E-state index in [0.717, 1.165) is 56.0 Å². The second-order valence-corrected chi connectivity index (χ2v) is 9.07. The molecule has 0 aliphatic carbocycles. The number of hydrogen-bond acceptors (Lipinski definition) is 7. The van der Waals surface area contributed by atoms with Crippen molar-refractivity contribution in [2.45, 2.75) is 39.0 Å². The van der Waals surface area contributed by atoms with Gasteiger partial charge in [-0.3, -0.25) is 9.98 Å². The number of rotatable bonds is 5. The Kier molecular flexibility index (Phi) is 5.96. The summed E-state index contributed by atoms with van der Waals surface area (Å²) in [7, 11) is 0. The summed E-state index contributed by atoms with van der Waals surface area (Å²) >= 11 is 0. The molecular formula is C26H29F2N7. The van der Waals surface area contributed by atoms with E-state index in [4.69, 9.17) is 5.73 Å². The summed E-state index contributed by atoms with van der Waals surface area (Å²) in [6.45, 7) is 9.60. The summed E-state index contributed by atoms with van der Waals surface area (Å²) in [5, 5.41) is 3.31. The molecule has 5 rings (SSSR count). The molecule has 2 aromatic heterocycles. The monoisotopic (exact) mass is 477 g/mol. The largest absolute Gasteiger partial charge is 0.368 e. The Bertz CT molecular complexity index is 1290. The van der Waals surface area contributed by atoms with Gasteiger partial charge in [0.15, 0.2) is 5.82 Å². The van der Waals surface area contributed by atoms with E-state index in [-0.39, 0.29) is 22.8 Å². The van der Waals surface area contributed by atoms with Crippen molar-refractivity contribution in [1.82, 2.24) is 20.3 Å². The quantitative estimate of drug-likeness (QED) is 0.556. The minimum atomic E-state index is -0.685. The van der Waals surface area contributed by atoms with Gasteiger partial charge in [-0.25, -0.2) is 18.7 Å². The molecule has 182 valence electrons. The first kappa shape index (κ1) is 23.3. The predicted octanol–water partition coefficient (Wildman–Crippen LogP) is 4.64. The van der Waals surface area contributed by atoms with Crippen LogP contribution in [-0.2, 0) is 5.41 Å². The third kappa shape index (κ3) is 3.83. The molecule has 0 bridgehead atoms. The van der Waals surface area contributed by atoms with Crippen molar-refractivity contribution in [2.24, 2.45) is 4.99 Å². The van der Waals surface area contributed by atoms with Gasteiger partial charge in [-0.2, -0.15) is 0 Å². The van der Waals surface area contributed by atoms with Gasteiger partial charge in [0.2, 0.25) is 5.95 Å². The smallest absolute Gasteiger partial charge is 0.221 e. The minimum absolute atomic E-state index is 0.00931. The zero-order chi connectivity index (χ0) is 24.7. The Morgan fingerprint density at radius 3 is 2.43 bits per heavy atom. The molecular weight excluding hydrogens is 448 g/mol. The van der Waals surface area contributed by atoms with Crippen molar-refractivity contribution in [3.8, 4) is 22.6 Å². The Balaban J connectivity index is 1.57. The van der Waals surface area contributed by atoms with Crippen molar-refractivity contribution < 1.29 is 8.78 Å². The molecule has 3 N–H and O–H groups in total. The van der Waals surface area contributed by atoms with Gasteiger partial charge in [0.1, 0.15) is 22.9 Å². The minimum Gasteiger partial charge on any atom is -0.368 e. The number of nitrogens with zero attached hydrogens (tertiary/aromatic N) is 5. The molecule has 0 spiro atoms. The van der Waals surface area contributed by atoms with E-state index >= 15 is 8.78 Å². The summed E-state index contributed by atoms with van der Waals surface area (Å²) < 4.78 is 31.0. The SMILES string of the molecule is CCC1(CC)C(C)=Nc2c(F)cc(-c3nc(N)nc(-c4ccc(N5CCNCC5)cn4)c3F)cc21. The van der Waals surface area contributed by atoms with Crippen LogP contribution in [0, 0.1) is 11.6 Å². The Hall–Kier alpha value is -3.46. The topological polar surface area (TPSA) is 92.3 Å². The summed E-state index contributed by atoms with van der Waals surface area (Å²) in [5.41, 5.74) is 9.10. The number of pyridine rings is 1. The number of fused-ring (bicyclic) bond motifs is 1. The van der Waals surface area contributed by atoms with E-state index in [1.165, 1.54) is 6.07 Å². The van der Waals surface area contributed by atoms with Crippen LogP contribution in [0.3, 0.4) is 0 Å². The maximum absolute atomic E-state index is 15.8. The van der Waals surface area contributed by atoms with Crippen LogP contribution in [0.15, 0.2) is 35.5 Å². The van der Waals surface area contributed by atoms with Crippen molar-refractivity contribution in [1.29, 1.82) is 0 Å². The molecule has 35 heavy (non-hydrogen) atoms. The highest BCUT2D eigenvalue weighted by Crippen LogP contribution is 2.47. The summed E-state index contributed by atoms with van der Waals surface area (Å²) in [6, 6.07) is 6.69. The molecule has 2 aliphatic rings. The van der Waals surface area contributed by atoms with E-state index in [0.29, 0.717) is 16.9 Å². The van der Waals surface area contributed by atoms with Crippen molar-refractivity contribution in [3.05, 3.63) is 47.7 Å². The molecule has 0 radical (unpaired) electrons. The van der Waals surface area contributed by atoms with Crippen LogP contribution >= 0.6 is 0 Å². The van der Waals surface area contributed by atoms with E-state index in [2.05, 4.69) is 44.0 Å². The van der Waals surface area contributed by atoms with E-state index in [1.807, 2.05) is 13.0 Å². The molecule has 2 aliphatic heterocycles. The van der Waals surface area contributed by atoms with Crippen LogP contribution in [0.1, 0.15) is 39.2 Å². The zero-order valence-electron chi connectivity index (χ0n) is 20.2. The van der Waals surface area contributed by atoms with Gasteiger partial charge in [-0.1, -0.05) is 13.8 Å². The number of hydrogen-bond donors (Lipinski definition) is 2. The number of piperazine rings is 1. The molecule has 0 saturated carbocycles. The van der Waals surface area contributed by atoms with Crippen molar-refractivity contribution in [3.63, 3.8) is 0 Å². The molecule has 1 aromatic carbocycles. The lowest BCUT2D eigenvalue weighted by Crippen LogP contribution is -2.43.